The van der Waals surface area contributed by atoms with Gasteiger partial charge in [-0.3, -0.25) is 4.79 Å². The molecule has 0 atom stereocenters. The Kier molecular flexibility index (Phi) is 9.83. The molecule has 0 aliphatic heterocycles. The standard InChI is InChI=1S/C25H28BrN3O3/c1-5-13-32-24-22(26)15-18(16-23(24)31-8-4)14-19(17-27)25(30)28-20-9-11-21(12-10-20)29(6-2)7-3/h5,9-12,14-16H,1,6-8,13H2,2-4H3,(H,28,30)/b19-14-. The van der Waals surface area contributed by atoms with Crippen molar-refractivity contribution in [1.29, 1.82) is 5.26 Å². The van der Waals surface area contributed by atoms with Gasteiger partial charge in [0.2, 0.25) is 0 Å². The van der Waals surface area contributed by atoms with Gasteiger partial charge < -0.3 is 19.7 Å². The molecule has 168 valence electrons. The Balaban J connectivity index is 2.25. The van der Waals surface area contributed by atoms with Crippen molar-refractivity contribution in [2.75, 3.05) is 36.5 Å². The molecule has 7 heteroatoms. The third-order valence-corrected chi connectivity index (χ3v) is 5.20. The number of rotatable bonds is 11. The van der Waals surface area contributed by atoms with E-state index >= 15 is 0 Å². The number of ether oxygens (including phenoxy) is 2. The molecule has 0 aliphatic carbocycles. The average Bonchev–Trinajstić information content (AvgIpc) is 2.79. The van der Waals surface area contributed by atoms with Crippen LogP contribution in [0.2, 0.25) is 0 Å². The zero-order valence-corrected chi connectivity index (χ0v) is 20.2. The number of benzene rings is 2. The van der Waals surface area contributed by atoms with Crippen LogP contribution in [0.3, 0.4) is 0 Å². The molecule has 0 unspecified atom stereocenters. The minimum atomic E-state index is -0.482. The van der Waals surface area contributed by atoms with Crippen LogP contribution in [0.25, 0.3) is 6.08 Å². The van der Waals surface area contributed by atoms with Gasteiger partial charge in [0.05, 0.1) is 11.1 Å². The fourth-order valence-electron chi connectivity index (χ4n) is 3.07. The zero-order valence-electron chi connectivity index (χ0n) is 18.7. The third-order valence-electron chi connectivity index (χ3n) is 4.61. The van der Waals surface area contributed by atoms with E-state index in [1.54, 1.807) is 18.2 Å². The van der Waals surface area contributed by atoms with Crippen molar-refractivity contribution in [3.63, 3.8) is 0 Å². The lowest BCUT2D eigenvalue weighted by Gasteiger charge is -2.21. The van der Waals surface area contributed by atoms with E-state index in [9.17, 15) is 10.1 Å². The SMILES string of the molecule is C=CCOc1c(Br)cc(/C=C(/C#N)C(=O)Nc2ccc(N(CC)CC)cc2)cc1OCC. The fraction of sp³-hybridized carbons (Fsp3) is 0.280. The molecule has 2 aromatic carbocycles. The number of halogens is 1. The summed E-state index contributed by atoms with van der Waals surface area (Å²) in [6, 6.07) is 13.0. The number of carbonyl (C=O) groups excluding carboxylic acids is 1. The average molecular weight is 498 g/mol. The van der Waals surface area contributed by atoms with E-state index in [1.807, 2.05) is 37.3 Å². The first-order chi connectivity index (χ1) is 15.5. The van der Waals surface area contributed by atoms with Crippen molar-refractivity contribution in [2.45, 2.75) is 20.8 Å². The highest BCUT2D eigenvalue weighted by molar-refractivity contribution is 9.10. The molecular weight excluding hydrogens is 470 g/mol. The summed E-state index contributed by atoms with van der Waals surface area (Å²) >= 11 is 3.48. The van der Waals surface area contributed by atoms with E-state index in [2.05, 4.69) is 46.6 Å². The second-order valence-electron chi connectivity index (χ2n) is 6.71. The normalized spacial score (nSPS) is 10.8. The quantitative estimate of drug-likeness (QED) is 0.241. The summed E-state index contributed by atoms with van der Waals surface area (Å²) in [5, 5.41) is 12.3. The van der Waals surface area contributed by atoms with Crippen LogP contribution in [0, 0.1) is 11.3 Å². The van der Waals surface area contributed by atoms with Gasteiger partial charge in [0.1, 0.15) is 18.2 Å². The Morgan fingerprint density at radius 3 is 2.44 bits per heavy atom. The molecule has 32 heavy (non-hydrogen) atoms. The molecule has 0 saturated heterocycles. The van der Waals surface area contributed by atoms with Crippen molar-refractivity contribution in [3.8, 4) is 17.6 Å². The highest BCUT2D eigenvalue weighted by Crippen LogP contribution is 2.37. The fourth-order valence-corrected chi connectivity index (χ4v) is 3.65. The molecule has 2 aromatic rings. The summed E-state index contributed by atoms with van der Waals surface area (Å²) in [5.74, 6) is 0.573. The number of nitrogens with one attached hydrogen (secondary N) is 1. The maximum atomic E-state index is 12.7. The third kappa shape index (κ3) is 6.63. The molecule has 0 aromatic heterocycles. The minimum Gasteiger partial charge on any atom is -0.490 e. The Morgan fingerprint density at radius 2 is 1.88 bits per heavy atom. The van der Waals surface area contributed by atoms with E-state index in [-0.39, 0.29) is 5.57 Å². The van der Waals surface area contributed by atoms with Gasteiger partial charge in [-0.25, -0.2) is 0 Å². The molecule has 0 fully saturated rings. The first kappa shape index (κ1) is 25.0. The monoisotopic (exact) mass is 497 g/mol. The van der Waals surface area contributed by atoms with Crippen molar-refractivity contribution in [3.05, 3.63) is 64.7 Å². The van der Waals surface area contributed by atoms with Crippen molar-refractivity contribution in [1.82, 2.24) is 0 Å². The van der Waals surface area contributed by atoms with Crippen LogP contribution in [0.4, 0.5) is 11.4 Å². The zero-order chi connectivity index (χ0) is 23.5. The van der Waals surface area contributed by atoms with E-state index in [4.69, 9.17) is 9.47 Å². The van der Waals surface area contributed by atoms with Crippen LogP contribution in [0.1, 0.15) is 26.3 Å². The molecule has 0 bridgehead atoms. The first-order valence-corrected chi connectivity index (χ1v) is 11.2. The summed E-state index contributed by atoms with van der Waals surface area (Å²) in [4.78, 5) is 14.9. The number of hydrogen-bond acceptors (Lipinski definition) is 5. The van der Waals surface area contributed by atoms with E-state index in [0.29, 0.717) is 40.4 Å². The number of amides is 1. The van der Waals surface area contributed by atoms with Gasteiger partial charge in [0.25, 0.3) is 5.91 Å². The molecule has 0 aliphatic rings. The number of carbonyl (C=O) groups is 1. The molecule has 1 N–H and O–H groups in total. The molecule has 2 rings (SSSR count). The second-order valence-corrected chi connectivity index (χ2v) is 7.56. The predicted octanol–water partition coefficient (Wildman–Crippen LogP) is 5.80. The van der Waals surface area contributed by atoms with Gasteiger partial charge >= 0.3 is 0 Å². The lowest BCUT2D eigenvalue weighted by Crippen LogP contribution is -2.21. The van der Waals surface area contributed by atoms with E-state index < -0.39 is 5.91 Å². The smallest absolute Gasteiger partial charge is 0.266 e. The van der Waals surface area contributed by atoms with Gasteiger partial charge in [-0.05, 0) is 84.7 Å². The molecular formula is C25H28BrN3O3. The Labute approximate surface area is 198 Å². The maximum Gasteiger partial charge on any atom is 0.266 e. The Hall–Kier alpha value is -3.24. The van der Waals surface area contributed by atoms with Crippen LogP contribution in [-0.2, 0) is 4.79 Å². The molecule has 0 spiro atoms. The molecule has 6 nitrogen and oxygen atoms in total. The van der Waals surface area contributed by atoms with E-state index in [1.165, 1.54) is 6.08 Å². The Bertz CT molecular complexity index is 1010. The van der Waals surface area contributed by atoms with Crippen molar-refractivity contribution in [2.24, 2.45) is 0 Å². The van der Waals surface area contributed by atoms with Crippen molar-refractivity contribution >= 4 is 39.3 Å². The van der Waals surface area contributed by atoms with Crippen LogP contribution in [0.15, 0.2) is 59.1 Å². The highest BCUT2D eigenvalue weighted by Gasteiger charge is 2.14. The second kappa shape index (κ2) is 12.6. The van der Waals surface area contributed by atoms with Crippen LogP contribution in [0.5, 0.6) is 11.5 Å². The van der Waals surface area contributed by atoms with Gasteiger partial charge in [0, 0.05) is 24.5 Å². The van der Waals surface area contributed by atoms with Gasteiger partial charge in [-0.2, -0.15) is 5.26 Å². The summed E-state index contributed by atoms with van der Waals surface area (Å²) in [7, 11) is 0. The maximum absolute atomic E-state index is 12.7. The molecule has 1 amide bonds. The first-order valence-electron chi connectivity index (χ1n) is 10.4. The van der Waals surface area contributed by atoms with E-state index in [0.717, 1.165) is 18.8 Å². The predicted molar refractivity (Wildman–Crippen MR) is 133 cm³/mol. The van der Waals surface area contributed by atoms with Gasteiger partial charge in [-0.1, -0.05) is 12.7 Å². The largest absolute Gasteiger partial charge is 0.490 e. The number of hydrogen-bond donors (Lipinski definition) is 1. The lowest BCUT2D eigenvalue weighted by molar-refractivity contribution is -0.112. The minimum absolute atomic E-state index is 0.0214. The summed E-state index contributed by atoms with van der Waals surface area (Å²) < 4.78 is 12.0. The molecule has 0 saturated carbocycles. The summed E-state index contributed by atoms with van der Waals surface area (Å²) in [5.41, 5.74) is 2.31. The summed E-state index contributed by atoms with van der Waals surface area (Å²) in [6.45, 7) is 12.3. The number of nitrogens with zero attached hydrogens (tertiary/aromatic N) is 2. The summed E-state index contributed by atoms with van der Waals surface area (Å²) in [6.07, 6.45) is 3.16. The number of nitriles is 1. The topological polar surface area (TPSA) is 74.6 Å². The molecule has 0 heterocycles. The lowest BCUT2D eigenvalue weighted by atomic mass is 10.1. The molecule has 0 radical (unpaired) electrons. The Morgan fingerprint density at radius 1 is 1.19 bits per heavy atom. The highest BCUT2D eigenvalue weighted by atomic mass is 79.9. The van der Waals surface area contributed by atoms with Crippen LogP contribution < -0.4 is 19.7 Å². The van der Waals surface area contributed by atoms with Gasteiger partial charge in [0.15, 0.2) is 11.5 Å². The van der Waals surface area contributed by atoms with Gasteiger partial charge in [-0.15, -0.1) is 0 Å². The number of anilines is 2. The van der Waals surface area contributed by atoms with Crippen LogP contribution in [-0.4, -0.2) is 32.2 Å². The van der Waals surface area contributed by atoms with Crippen molar-refractivity contribution < 1.29 is 14.3 Å². The van der Waals surface area contributed by atoms with Crippen LogP contribution >= 0.6 is 15.9 Å².